The first-order chi connectivity index (χ1) is 21.8. The fraction of sp³-hybridized carbons (Fsp3) is 0.324. The van der Waals surface area contributed by atoms with E-state index in [1.54, 1.807) is 68.1 Å². The monoisotopic (exact) mass is 648 g/mol. The van der Waals surface area contributed by atoms with Gasteiger partial charge in [0.15, 0.2) is 5.03 Å². The number of rotatable bonds is 9. The molecule has 3 aromatic carbocycles. The number of nitrogens with one attached hydrogen (secondary N) is 1. The minimum absolute atomic E-state index is 0.0978. The number of nitrogens with zero attached hydrogens (tertiary/aromatic N) is 3. The second-order valence-electron chi connectivity index (χ2n) is 12.1. The van der Waals surface area contributed by atoms with Crippen molar-refractivity contribution in [2.24, 2.45) is 0 Å². The topological polar surface area (TPSA) is 129 Å². The second-order valence-corrected chi connectivity index (χ2v) is 14.0. The van der Waals surface area contributed by atoms with E-state index in [0.717, 1.165) is 11.8 Å². The molecule has 1 unspecified atom stereocenters. The van der Waals surface area contributed by atoms with Crippen LogP contribution >= 0.6 is 0 Å². The predicted molar refractivity (Wildman–Crippen MR) is 172 cm³/mol. The van der Waals surface area contributed by atoms with Crippen molar-refractivity contribution in [2.75, 3.05) is 37.6 Å². The van der Waals surface area contributed by atoms with Crippen LogP contribution in [-0.4, -0.2) is 79.7 Å². The van der Waals surface area contributed by atoms with E-state index in [-0.39, 0.29) is 45.9 Å². The number of hydrogen-bond donors (Lipinski definition) is 2. The summed E-state index contributed by atoms with van der Waals surface area (Å²) in [7, 11) is -4.26. The lowest BCUT2D eigenvalue weighted by Crippen LogP contribution is -2.55. The number of esters is 1. The molecule has 242 valence electrons. The van der Waals surface area contributed by atoms with E-state index in [2.05, 4.69) is 10.3 Å². The summed E-state index contributed by atoms with van der Waals surface area (Å²) >= 11 is 0. The number of fused-ring (bicyclic) bond motifs is 1. The summed E-state index contributed by atoms with van der Waals surface area (Å²) in [5.41, 5.74) is 0.375. The molecule has 0 aliphatic carbocycles. The molecule has 1 amide bonds. The molecule has 1 saturated heterocycles. The minimum Gasteiger partial charge on any atom is -0.508 e. The van der Waals surface area contributed by atoms with E-state index in [1.807, 2.05) is 4.90 Å². The van der Waals surface area contributed by atoms with Gasteiger partial charge in [-0.05, 0) is 80.6 Å². The SMILES string of the molecule is CC(C)(C)OC(=O)CNC(Cc1ccc(O)cc1S(=O)(=O)c1nccc2ccccc12)C(=O)N1CCN(c2ccc(F)cc2)CC1. The third-order valence-electron chi connectivity index (χ3n) is 7.65. The van der Waals surface area contributed by atoms with Crippen LogP contribution < -0.4 is 10.2 Å². The van der Waals surface area contributed by atoms with Gasteiger partial charge in [0.2, 0.25) is 15.7 Å². The molecule has 1 aliphatic heterocycles. The van der Waals surface area contributed by atoms with Gasteiger partial charge in [-0.15, -0.1) is 0 Å². The van der Waals surface area contributed by atoms with Gasteiger partial charge in [-0.2, -0.15) is 0 Å². The molecule has 46 heavy (non-hydrogen) atoms. The number of hydrogen-bond acceptors (Lipinski definition) is 9. The minimum atomic E-state index is -4.26. The summed E-state index contributed by atoms with van der Waals surface area (Å²) in [5, 5.41) is 14.3. The number of sulfone groups is 1. The molecule has 0 saturated carbocycles. The van der Waals surface area contributed by atoms with Crippen molar-refractivity contribution in [2.45, 2.75) is 48.8 Å². The number of carbonyl (C=O) groups excluding carboxylic acids is 2. The molecule has 2 heterocycles. The number of ether oxygens (including phenoxy) is 1. The van der Waals surface area contributed by atoms with Gasteiger partial charge in [0.25, 0.3) is 0 Å². The maximum absolute atomic E-state index is 14.1. The Morgan fingerprint density at radius 2 is 1.70 bits per heavy atom. The van der Waals surface area contributed by atoms with Crippen LogP contribution in [-0.2, 0) is 30.6 Å². The zero-order valence-corrected chi connectivity index (χ0v) is 26.8. The fourth-order valence-corrected chi connectivity index (χ4v) is 7.14. The fourth-order valence-electron chi connectivity index (χ4n) is 5.48. The van der Waals surface area contributed by atoms with E-state index in [4.69, 9.17) is 4.74 Å². The van der Waals surface area contributed by atoms with Crippen molar-refractivity contribution in [1.82, 2.24) is 15.2 Å². The summed E-state index contributed by atoms with van der Waals surface area (Å²) < 4.78 is 47.1. The first-order valence-corrected chi connectivity index (χ1v) is 16.5. The standard InChI is InChI=1S/C34H37FN4O6S/c1-34(2,3)45-31(41)22-37-29(33(42)39-18-16-38(17-19-39)26-11-9-25(35)10-12-26)20-24-8-13-27(40)21-30(24)46(43,44)32-28-7-5-4-6-23(28)14-15-36-32/h4-15,21,29,37,40H,16-20,22H2,1-3H3. The number of carbonyl (C=O) groups is 2. The summed E-state index contributed by atoms with van der Waals surface area (Å²) in [6.07, 6.45) is 1.32. The van der Waals surface area contributed by atoms with E-state index < -0.39 is 27.4 Å². The molecule has 5 rings (SSSR count). The maximum atomic E-state index is 14.1. The van der Waals surface area contributed by atoms with Gasteiger partial charge in [-0.25, -0.2) is 17.8 Å². The number of aromatic nitrogens is 1. The Kier molecular flexibility index (Phi) is 9.59. The lowest BCUT2D eigenvalue weighted by atomic mass is 10.0. The quantitative estimate of drug-likeness (QED) is 0.258. The number of aromatic hydroxyl groups is 1. The number of pyridine rings is 1. The maximum Gasteiger partial charge on any atom is 0.320 e. The van der Waals surface area contributed by atoms with E-state index in [9.17, 15) is 27.5 Å². The number of anilines is 1. The Morgan fingerprint density at radius 1 is 1.00 bits per heavy atom. The van der Waals surface area contributed by atoms with Crippen molar-refractivity contribution in [3.8, 4) is 5.75 Å². The molecule has 0 radical (unpaired) electrons. The van der Waals surface area contributed by atoms with Gasteiger partial charge < -0.3 is 19.6 Å². The van der Waals surface area contributed by atoms with Crippen LogP contribution in [0.2, 0.25) is 0 Å². The highest BCUT2D eigenvalue weighted by molar-refractivity contribution is 7.91. The highest BCUT2D eigenvalue weighted by Crippen LogP contribution is 2.31. The molecule has 1 fully saturated rings. The number of piperazine rings is 1. The van der Waals surface area contributed by atoms with Crippen LogP contribution in [0, 0.1) is 5.82 Å². The summed E-state index contributed by atoms with van der Waals surface area (Å²) in [4.78, 5) is 34.4. The summed E-state index contributed by atoms with van der Waals surface area (Å²) in [5.74, 6) is -1.47. The average Bonchev–Trinajstić information content (AvgIpc) is 3.02. The lowest BCUT2D eigenvalue weighted by Gasteiger charge is -2.38. The number of phenolic OH excluding ortho intramolecular Hbond substituents is 1. The second kappa shape index (κ2) is 13.4. The first-order valence-electron chi connectivity index (χ1n) is 15.0. The molecule has 10 nitrogen and oxygen atoms in total. The van der Waals surface area contributed by atoms with Gasteiger partial charge in [-0.3, -0.25) is 14.9 Å². The third-order valence-corrected chi connectivity index (χ3v) is 9.44. The molecule has 1 aromatic heterocycles. The van der Waals surface area contributed by atoms with Crippen LogP contribution in [0.15, 0.2) is 88.9 Å². The molecule has 1 aliphatic rings. The largest absolute Gasteiger partial charge is 0.508 e. The van der Waals surface area contributed by atoms with Crippen LogP contribution in [0.4, 0.5) is 10.1 Å². The Labute approximate surface area is 267 Å². The van der Waals surface area contributed by atoms with Gasteiger partial charge >= 0.3 is 5.97 Å². The van der Waals surface area contributed by atoms with Gasteiger partial charge in [0.05, 0.1) is 17.5 Å². The van der Waals surface area contributed by atoms with Crippen LogP contribution in [0.5, 0.6) is 5.75 Å². The van der Waals surface area contributed by atoms with Crippen molar-refractivity contribution in [3.63, 3.8) is 0 Å². The molecular formula is C34H37FN4O6S. The Bertz CT molecular complexity index is 1830. The molecule has 0 bridgehead atoms. The zero-order chi connectivity index (χ0) is 33.1. The van der Waals surface area contributed by atoms with Gasteiger partial charge in [0.1, 0.15) is 17.2 Å². The van der Waals surface area contributed by atoms with E-state index in [1.165, 1.54) is 30.5 Å². The third kappa shape index (κ3) is 7.63. The molecule has 12 heteroatoms. The molecule has 0 spiro atoms. The Balaban J connectivity index is 1.43. The average molecular weight is 649 g/mol. The number of benzene rings is 3. The van der Waals surface area contributed by atoms with Crippen molar-refractivity contribution < 1.29 is 32.2 Å². The first kappa shape index (κ1) is 32.8. The molecule has 1 atom stereocenters. The van der Waals surface area contributed by atoms with Crippen molar-refractivity contribution in [3.05, 3.63) is 90.4 Å². The Hall–Kier alpha value is -4.55. The normalized spacial score (nSPS) is 14.7. The van der Waals surface area contributed by atoms with Crippen molar-refractivity contribution >= 4 is 38.2 Å². The lowest BCUT2D eigenvalue weighted by molar-refractivity contribution is -0.153. The summed E-state index contributed by atoms with van der Waals surface area (Å²) in [6.45, 7) is 6.66. The zero-order valence-electron chi connectivity index (χ0n) is 25.9. The van der Waals surface area contributed by atoms with Crippen LogP contribution in [0.25, 0.3) is 10.8 Å². The van der Waals surface area contributed by atoms with Gasteiger partial charge in [0, 0.05) is 43.4 Å². The molecule has 4 aromatic rings. The van der Waals surface area contributed by atoms with Gasteiger partial charge in [-0.1, -0.05) is 30.3 Å². The Morgan fingerprint density at radius 3 is 2.39 bits per heavy atom. The smallest absolute Gasteiger partial charge is 0.320 e. The molecular weight excluding hydrogens is 611 g/mol. The number of amides is 1. The highest BCUT2D eigenvalue weighted by atomic mass is 32.2. The summed E-state index contributed by atoms with van der Waals surface area (Å²) in [6, 6.07) is 17.8. The number of halogens is 1. The van der Waals surface area contributed by atoms with E-state index >= 15 is 0 Å². The van der Waals surface area contributed by atoms with E-state index in [0.29, 0.717) is 37.0 Å². The highest BCUT2D eigenvalue weighted by Gasteiger charge is 2.32. The predicted octanol–water partition coefficient (Wildman–Crippen LogP) is 4.10. The van der Waals surface area contributed by atoms with Crippen LogP contribution in [0.1, 0.15) is 26.3 Å². The van der Waals surface area contributed by atoms with Crippen LogP contribution in [0.3, 0.4) is 0 Å². The molecule has 2 N–H and O–H groups in total. The van der Waals surface area contributed by atoms with Crippen molar-refractivity contribution in [1.29, 1.82) is 0 Å². The number of phenols is 1.